The van der Waals surface area contributed by atoms with E-state index >= 15 is 0 Å². The van der Waals surface area contributed by atoms with Crippen molar-refractivity contribution in [1.29, 1.82) is 0 Å². The highest BCUT2D eigenvalue weighted by Gasteiger charge is 2.13. The fourth-order valence-corrected chi connectivity index (χ4v) is 2.89. The summed E-state index contributed by atoms with van der Waals surface area (Å²) in [6.45, 7) is 6.40. The molecule has 0 bridgehead atoms. The molecule has 2 aromatic rings. The van der Waals surface area contributed by atoms with E-state index in [1.165, 1.54) is 0 Å². The maximum Gasteiger partial charge on any atom is 0.163 e. The third-order valence-electron chi connectivity index (χ3n) is 4.36. The molecule has 1 fully saturated rings. The normalized spacial score (nSPS) is 16.6. The molecule has 0 saturated carbocycles. The highest BCUT2D eigenvalue weighted by Crippen LogP contribution is 2.31. The van der Waals surface area contributed by atoms with E-state index in [2.05, 4.69) is 21.8 Å². The average molecular weight is 315 g/mol. The molecule has 5 heteroatoms. The Morgan fingerprint density at radius 3 is 2.74 bits per heavy atom. The van der Waals surface area contributed by atoms with Crippen LogP contribution >= 0.6 is 0 Å². The maximum absolute atomic E-state index is 5.95. The Hall–Kier alpha value is -1.85. The molecule has 3 rings (SSSR count). The summed E-state index contributed by atoms with van der Waals surface area (Å²) in [4.78, 5) is 9.26. The molecule has 0 N–H and O–H groups in total. The van der Waals surface area contributed by atoms with E-state index in [1.807, 2.05) is 24.3 Å². The number of aromatic nitrogens is 1. The minimum atomic E-state index is 0.695. The van der Waals surface area contributed by atoms with Gasteiger partial charge in [0.15, 0.2) is 11.5 Å². The van der Waals surface area contributed by atoms with Crippen LogP contribution < -0.4 is 9.47 Å². The molecule has 2 heterocycles. The lowest BCUT2D eigenvalue weighted by atomic mass is 10.2. The number of hydrogen-bond acceptors (Lipinski definition) is 5. The van der Waals surface area contributed by atoms with Gasteiger partial charge in [-0.1, -0.05) is 6.07 Å². The van der Waals surface area contributed by atoms with E-state index in [-0.39, 0.29) is 0 Å². The first-order valence-electron chi connectivity index (χ1n) is 8.23. The van der Waals surface area contributed by atoms with Crippen molar-refractivity contribution in [1.82, 2.24) is 14.8 Å². The third-order valence-corrected chi connectivity index (χ3v) is 4.36. The predicted octanol–water partition coefficient (Wildman–Crippen LogP) is 2.26. The molecule has 0 unspecified atom stereocenters. The molecule has 124 valence electrons. The number of piperazine rings is 1. The largest absolute Gasteiger partial charge is 0.493 e. The van der Waals surface area contributed by atoms with Gasteiger partial charge in [-0.2, -0.15) is 0 Å². The molecule has 0 atom stereocenters. The topological polar surface area (TPSA) is 37.8 Å². The zero-order chi connectivity index (χ0) is 16.1. The highest BCUT2D eigenvalue weighted by atomic mass is 16.5. The summed E-state index contributed by atoms with van der Waals surface area (Å²) < 4.78 is 11.4. The lowest BCUT2D eigenvalue weighted by molar-refractivity contribution is 0.145. The van der Waals surface area contributed by atoms with E-state index in [9.17, 15) is 0 Å². The molecular weight excluding hydrogens is 290 g/mol. The Kier molecular flexibility index (Phi) is 5.31. The Bertz CT molecular complexity index is 639. The fraction of sp³-hybridized carbons (Fsp3) is 0.500. The molecule has 1 aromatic carbocycles. The number of pyridine rings is 1. The van der Waals surface area contributed by atoms with Gasteiger partial charge in [-0.3, -0.25) is 4.98 Å². The summed E-state index contributed by atoms with van der Waals surface area (Å²) in [5.41, 5.74) is 0.933. The van der Waals surface area contributed by atoms with Gasteiger partial charge in [-0.25, -0.2) is 0 Å². The molecular formula is C18H25N3O2. The second-order valence-electron chi connectivity index (χ2n) is 6.05. The summed E-state index contributed by atoms with van der Waals surface area (Å²) in [5.74, 6) is 1.54. The van der Waals surface area contributed by atoms with E-state index in [0.717, 1.165) is 61.5 Å². The quantitative estimate of drug-likeness (QED) is 0.765. The molecule has 23 heavy (non-hydrogen) atoms. The second kappa shape index (κ2) is 7.62. The van der Waals surface area contributed by atoms with Gasteiger partial charge in [0.05, 0.1) is 19.2 Å². The van der Waals surface area contributed by atoms with E-state index in [1.54, 1.807) is 13.3 Å². The highest BCUT2D eigenvalue weighted by molar-refractivity contribution is 5.82. The summed E-state index contributed by atoms with van der Waals surface area (Å²) in [7, 11) is 3.86. The zero-order valence-electron chi connectivity index (χ0n) is 14.0. The maximum atomic E-state index is 5.95. The van der Waals surface area contributed by atoms with Crippen molar-refractivity contribution in [2.75, 3.05) is 53.5 Å². The van der Waals surface area contributed by atoms with Crippen LogP contribution in [0.1, 0.15) is 6.42 Å². The van der Waals surface area contributed by atoms with Gasteiger partial charge in [0.2, 0.25) is 0 Å². The number of methoxy groups -OCH3 is 1. The minimum Gasteiger partial charge on any atom is -0.493 e. The molecule has 0 spiro atoms. The van der Waals surface area contributed by atoms with Crippen LogP contribution in [0.25, 0.3) is 10.9 Å². The summed E-state index contributed by atoms with van der Waals surface area (Å²) in [6.07, 6.45) is 2.82. The van der Waals surface area contributed by atoms with Crippen molar-refractivity contribution >= 4 is 10.9 Å². The molecule has 0 amide bonds. The molecule has 0 aliphatic carbocycles. The van der Waals surface area contributed by atoms with Crippen molar-refractivity contribution < 1.29 is 9.47 Å². The fourth-order valence-electron chi connectivity index (χ4n) is 2.89. The van der Waals surface area contributed by atoms with Crippen molar-refractivity contribution in [2.45, 2.75) is 6.42 Å². The Labute approximate surface area is 137 Å². The van der Waals surface area contributed by atoms with Gasteiger partial charge in [0.1, 0.15) is 0 Å². The SMILES string of the molecule is COc1cc2cccnc2cc1OCCCN1CCN(C)CC1. The number of ether oxygens (including phenoxy) is 2. The lowest BCUT2D eigenvalue weighted by Crippen LogP contribution is -2.44. The number of fused-ring (bicyclic) bond motifs is 1. The first-order chi connectivity index (χ1) is 11.3. The molecule has 1 aliphatic rings. The van der Waals surface area contributed by atoms with Gasteiger partial charge in [0, 0.05) is 50.4 Å². The van der Waals surface area contributed by atoms with Crippen LogP contribution in [0.4, 0.5) is 0 Å². The van der Waals surface area contributed by atoms with Crippen molar-refractivity contribution in [3.63, 3.8) is 0 Å². The zero-order valence-corrected chi connectivity index (χ0v) is 14.0. The van der Waals surface area contributed by atoms with Gasteiger partial charge in [-0.15, -0.1) is 0 Å². The predicted molar refractivity (Wildman–Crippen MR) is 92.3 cm³/mol. The van der Waals surface area contributed by atoms with Crippen molar-refractivity contribution in [3.05, 3.63) is 30.5 Å². The van der Waals surface area contributed by atoms with Crippen LogP contribution in [0.15, 0.2) is 30.5 Å². The molecule has 0 radical (unpaired) electrons. The van der Waals surface area contributed by atoms with Gasteiger partial charge in [-0.05, 0) is 25.6 Å². The summed E-state index contributed by atoms with van der Waals surface area (Å²) in [5, 5.41) is 1.06. The van der Waals surface area contributed by atoms with Crippen LogP contribution in [-0.2, 0) is 0 Å². The first kappa shape index (κ1) is 16.0. The van der Waals surface area contributed by atoms with Gasteiger partial charge in [0.25, 0.3) is 0 Å². The third kappa shape index (κ3) is 4.12. The number of benzene rings is 1. The molecule has 5 nitrogen and oxygen atoms in total. The second-order valence-corrected chi connectivity index (χ2v) is 6.05. The molecule has 1 saturated heterocycles. The monoisotopic (exact) mass is 315 g/mol. The van der Waals surface area contributed by atoms with Crippen molar-refractivity contribution in [2.24, 2.45) is 0 Å². The number of nitrogens with zero attached hydrogens (tertiary/aromatic N) is 3. The molecule has 1 aromatic heterocycles. The minimum absolute atomic E-state index is 0.695. The van der Waals surface area contributed by atoms with Crippen molar-refractivity contribution in [3.8, 4) is 11.5 Å². The van der Waals surface area contributed by atoms with Gasteiger partial charge < -0.3 is 19.3 Å². The van der Waals surface area contributed by atoms with Crippen LogP contribution in [0, 0.1) is 0 Å². The lowest BCUT2D eigenvalue weighted by Gasteiger charge is -2.32. The van der Waals surface area contributed by atoms with Crippen LogP contribution in [0.5, 0.6) is 11.5 Å². The smallest absolute Gasteiger partial charge is 0.163 e. The van der Waals surface area contributed by atoms with E-state index in [0.29, 0.717) is 6.61 Å². The Morgan fingerprint density at radius 1 is 1.13 bits per heavy atom. The number of rotatable bonds is 6. The van der Waals surface area contributed by atoms with E-state index < -0.39 is 0 Å². The molecule has 1 aliphatic heterocycles. The van der Waals surface area contributed by atoms with Crippen LogP contribution in [0.3, 0.4) is 0 Å². The van der Waals surface area contributed by atoms with E-state index in [4.69, 9.17) is 9.47 Å². The number of likely N-dealkylation sites (N-methyl/N-ethyl adjacent to an activating group) is 1. The van der Waals surface area contributed by atoms with Gasteiger partial charge >= 0.3 is 0 Å². The Balaban J connectivity index is 1.54. The average Bonchev–Trinajstić information content (AvgIpc) is 2.59. The van der Waals surface area contributed by atoms with Crippen LogP contribution in [0.2, 0.25) is 0 Å². The summed E-state index contributed by atoms with van der Waals surface area (Å²) >= 11 is 0. The summed E-state index contributed by atoms with van der Waals surface area (Å²) in [6, 6.07) is 7.91. The number of hydrogen-bond donors (Lipinski definition) is 0. The standard InChI is InChI=1S/C18H25N3O2/c1-20-8-10-21(11-9-20)7-4-12-23-18-14-16-15(5-3-6-19-16)13-17(18)22-2/h3,5-6,13-14H,4,7-12H2,1-2H3. The Morgan fingerprint density at radius 2 is 1.96 bits per heavy atom. The first-order valence-corrected chi connectivity index (χ1v) is 8.23. The van der Waals surface area contributed by atoms with Crippen LogP contribution in [-0.4, -0.2) is 68.3 Å².